The van der Waals surface area contributed by atoms with Crippen molar-refractivity contribution < 1.29 is 4.74 Å². The van der Waals surface area contributed by atoms with Crippen LogP contribution >= 0.6 is 15.9 Å². The van der Waals surface area contributed by atoms with Crippen LogP contribution in [-0.4, -0.2) is 36.1 Å². The third kappa shape index (κ3) is 3.11. The van der Waals surface area contributed by atoms with Gasteiger partial charge in [-0.1, -0.05) is 22.0 Å². The van der Waals surface area contributed by atoms with Gasteiger partial charge in [0, 0.05) is 24.1 Å². The summed E-state index contributed by atoms with van der Waals surface area (Å²) in [4.78, 5) is 7.25. The third-order valence-electron chi connectivity index (χ3n) is 4.11. The fraction of sp³-hybridized carbons (Fsp3) is 0.667. The fourth-order valence-corrected chi connectivity index (χ4v) is 3.23. The molecule has 2 aliphatic rings. The van der Waals surface area contributed by atoms with Crippen molar-refractivity contribution >= 4 is 21.7 Å². The molecule has 0 saturated carbocycles. The summed E-state index contributed by atoms with van der Waals surface area (Å²) in [5, 5.41) is 0.930. The molecule has 4 heteroatoms. The molecule has 104 valence electrons. The molecule has 0 radical (unpaired) electrons. The minimum Gasteiger partial charge on any atom is -0.377 e. The Morgan fingerprint density at radius 1 is 1.26 bits per heavy atom. The van der Waals surface area contributed by atoms with E-state index in [9.17, 15) is 0 Å². The first-order valence-corrected chi connectivity index (χ1v) is 8.40. The van der Waals surface area contributed by atoms with E-state index in [2.05, 4.69) is 33.0 Å². The molecule has 3 rings (SSSR count). The van der Waals surface area contributed by atoms with Gasteiger partial charge in [0.05, 0.1) is 12.7 Å². The lowest BCUT2D eigenvalue weighted by Gasteiger charge is -2.32. The van der Waals surface area contributed by atoms with Gasteiger partial charge < -0.3 is 9.64 Å². The van der Waals surface area contributed by atoms with Crippen molar-refractivity contribution in [3.8, 4) is 0 Å². The zero-order valence-corrected chi connectivity index (χ0v) is 12.9. The highest BCUT2D eigenvalue weighted by Gasteiger charge is 2.21. The van der Waals surface area contributed by atoms with Crippen molar-refractivity contribution in [3.05, 3.63) is 23.4 Å². The number of alkyl halides is 1. The van der Waals surface area contributed by atoms with Crippen molar-refractivity contribution in [3.63, 3.8) is 0 Å². The SMILES string of the molecule is BrCCOC1CCN(c2ccc3c(n2)CCC3)CC1. The largest absolute Gasteiger partial charge is 0.377 e. The summed E-state index contributed by atoms with van der Waals surface area (Å²) < 4.78 is 5.80. The molecule has 1 saturated heterocycles. The Kier molecular flexibility index (Phi) is 4.38. The summed E-state index contributed by atoms with van der Waals surface area (Å²) in [5.41, 5.74) is 2.79. The zero-order valence-electron chi connectivity index (χ0n) is 11.3. The van der Waals surface area contributed by atoms with Gasteiger partial charge in [0.25, 0.3) is 0 Å². The van der Waals surface area contributed by atoms with Crippen LogP contribution in [0.2, 0.25) is 0 Å². The molecule has 0 spiro atoms. The Balaban J connectivity index is 1.59. The second-order valence-electron chi connectivity index (χ2n) is 5.38. The molecule has 0 aromatic carbocycles. The summed E-state index contributed by atoms with van der Waals surface area (Å²) in [6.07, 6.45) is 6.31. The van der Waals surface area contributed by atoms with Crippen LogP contribution in [0.1, 0.15) is 30.5 Å². The number of anilines is 1. The minimum atomic E-state index is 0.434. The molecule has 3 nitrogen and oxygen atoms in total. The summed E-state index contributed by atoms with van der Waals surface area (Å²) >= 11 is 3.41. The number of hydrogen-bond donors (Lipinski definition) is 0. The maximum Gasteiger partial charge on any atom is 0.128 e. The number of halogens is 1. The van der Waals surface area contributed by atoms with E-state index >= 15 is 0 Å². The van der Waals surface area contributed by atoms with Crippen molar-refractivity contribution in [2.24, 2.45) is 0 Å². The van der Waals surface area contributed by atoms with Crippen LogP contribution in [0.25, 0.3) is 0 Å². The fourth-order valence-electron chi connectivity index (χ4n) is 3.05. The highest BCUT2D eigenvalue weighted by molar-refractivity contribution is 9.09. The van der Waals surface area contributed by atoms with Crippen molar-refractivity contribution in [2.75, 3.05) is 29.9 Å². The van der Waals surface area contributed by atoms with Crippen LogP contribution in [0, 0.1) is 0 Å². The number of aromatic nitrogens is 1. The van der Waals surface area contributed by atoms with Gasteiger partial charge in [0.2, 0.25) is 0 Å². The molecule has 1 aliphatic heterocycles. The summed E-state index contributed by atoms with van der Waals surface area (Å²) in [6.45, 7) is 2.96. The van der Waals surface area contributed by atoms with Crippen molar-refractivity contribution in [1.29, 1.82) is 0 Å². The molecule has 0 bridgehead atoms. The Labute approximate surface area is 123 Å². The Morgan fingerprint density at radius 3 is 2.89 bits per heavy atom. The molecule has 0 atom stereocenters. The number of rotatable bonds is 4. The zero-order chi connectivity index (χ0) is 13.1. The van der Waals surface area contributed by atoms with E-state index in [0.29, 0.717) is 6.10 Å². The molecule has 2 heterocycles. The molecule has 1 aliphatic carbocycles. The second kappa shape index (κ2) is 6.23. The predicted octanol–water partition coefficient (Wildman–Crippen LogP) is 2.95. The van der Waals surface area contributed by atoms with E-state index in [0.717, 1.165) is 44.3 Å². The Hall–Kier alpha value is -0.610. The number of nitrogens with zero attached hydrogens (tertiary/aromatic N) is 2. The first-order chi connectivity index (χ1) is 9.36. The van der Waals surface area contributed by atoms with Gasteiger partial charge in [-0.05, 0) is 43.7 Å². The number of hydrogen-bond acceptors (Lipinski definition) is 3. The molecule has 19 heavy (non-hydrogen) atoms. The van der Waals surface area contributed by atoms with E-state index < -0.39 is 0 Å². The van der Waals surface area contributed by atoms with Gasteiger partial charge in [-0.25, -0.2) is 4.98 Å². The van der Waals surface area contributed by atoms with Gasteiger partial charge in [-0.3, -0.25) is 0 Å². The van der Waals surface area contributed by atoms with E-state index in [4.69, 9.17) is 9.72 Å². The molecule has 1 aromatic rings. The highest BCUT2D eigenvalue weighted by Crippen LogP contribution is 2.25. The van der Waals surface area contributed by atoms with E-state index in [1.165, 1.54) is 29.9 Å². The number of piperidine rings is 1. The lowest BCUT2D eigenvalue weighted by Crippen LogP contribution is -2.37. The molecule has 0 unspecified atom stereocenters. The van der Waals surface area contributed by atoms with Gasteiger partial charge in [0.1, 0.15) is 5.82 Å². The second-order valence-corrected chi connectivity index (χ2v) is 6.17. The summed E-state index contributed by atoms with van der Waals surface area (Å²) in [6, 6.07) is 4.47. The number of fused-ring (bicyclic) bond motifs is 1. The predicted molar refractivity (Wildman–Crippen MR) is 81.2 cm³/mol. The number of ether oxygens (including phenoxy) is 1. The quantitative estimate of drug-likeness (QED) is 0.796. The lowest BCUT2D eigenvalue weighted by atomic mass is 10.1. The average molecular weight is 325 g/mol. The molecule has 1 aromatic heterocycles. The van der Waals surface area contributed by atoms with E-state index in [-0.39, 0.29) is 0 Å². The third-order valence-corrected chi connectivity index (χ3v) is 4.43. The molecule has 0 amide bonds. The monoisotopic (exact) mass is 324 g/mol. The standard InChI is InChI=1S/C15H21BrN2O/c16-8-11-19-13-6-9-18(10-7-13)15-5-4-12-2-1-3-14(12)17-15/h4-5,13H,1-3,6-11H2. The topological polar surface area (TPSA) is 25.4 Å². The summed E-state index contributed by atoms with van der Waals surface area (Å²) in [5.74, 6) is 1.17. The number of aryl methyl sites for hydroxylation is 2. The van der Waals surface area contributed by atoms with Crippen LogP contribution in [0.5, 0.6) is 0 Å². The Morgan fingerprint density at radius 2 is 2.11 bits per heavy atom. The van der Waals surface area contributed by atoms with Gasteiger partial charge in [-0.2, -0.15) is 0 Å². The van der Waals surface area contributed by atoms with Crippen LogP contribution < -0.4 is 4.90 Å². The van der Waals surface area contributed by atoms with Crippen molar-refractivity contribution in [1.82, 2.24) is 4.98 Å². The normalized spacial score (nSPS) is 19.7. The summed E-state index contributed by atoms with van der Waals surface area (Å²) in [7, 11) is 0. The Bertz CT molecular complexity index is 430. The van der Waals surface area contributed by atoms with E-state index in [1.54, 1.807) is 0 Å². The van der Waals surface area contributed by atoms with Crippen LogP contribution in [-0.2, 0) is 17.6 Å². The molecular formula is C15H21BrN2O. The first-order valence-electron chi connectivity index (χ1n) is 7.28. The minimum absolute atomic E-state index is 0.434. The van der Waals surface area contributed by atoms with E-state index in [1.807, 2.05) is 0 Å². The smallest absolute Gasteiger partial charge is 0.128 e. The maximum atomic E-state index is 5.80. The van der Waals surface area contributed by atoms with Gasteiger partial charge >= 0.3 is 0 Å². The average Bonchev–Trinajstić information content (AvgIpc) is 2.93. The van der Waals surface area contributed by atoms with Gasteiger partial charge in [0.15, 0.2) is 0 Å². The van der Waals surface area contributed by atoms with Crippen LogP contribution in [0.4, 0.5) is 5.82 Å². The lowest BCUT2D eigenvalue weighted by molar-refractivity contribution is 0.0480. The molecule has 0 N–H and O–H groups in total. The van der Waals surface area contributed by atoms with Gasteiger partial charge in [-0.15, -0.1) is 0 Å². The van der Waals surface area contributed by atoms with Crippen molar-refractivity contribution in [2.45, 2.75) is 38.2 Å². The number of pyridine rings is 1. The molecular weight excluding hydrogens is 304 g/mol. The maximum absolute atomic E-state index is 5.80. The first kappa shape index (κ1) is 13.4. The van der Waals surface area contributed by atoms with Crippen LogP contribution in [0.3, 0.4) is 0 Å². The van der Waals surface area contributed by atoms with Crippen LogP contribution in [0.15, 0.2) is 12.1 Å². The molecule has 1 fully saturated rings. The highest BCUT2D eigenvalue weighted by atomic mass is 79.9.